The second kappa shape index (κ2) is 10.4. The van der Waals surface area contributed by atoms with Gasteiger partial charge in [-0.2, -0.15) is 22.3 Å². The van der Waals surface area contributed by atoms with Gasteiger partial charge in [-0.3, -0.25) is 9.59 Å². The van der Waals surface area contributed by atoms with Crippen molar-refractivity contribution in [3.63, 3.8) is 0 Å². The number of nitriles is 1. The molecule has 12 heteroatoms. The van der Waals surface area contributed by atoms with E-state index in [1.165, 1.54) is 8.61 Å². The van der Waals surface area contributed by atoms with E-state index >= 15 is 0 Å². The first-order valence-corrected chi connectivity index (χ1v) is 13.5. The van der Waals surface area contributed by atoms with Crippen molar-refractivity contribution in [2.75, 3.05) is 32.7 Å². The number of amides is 2. The number of carbonyl (C=O) groups excluding carboxylic acids is 2. The number of nitrogens with zero attached hydrogens (tertiary/aromatic N) is 4. The van der Waals surface area contributed by atoms with E-state index in [0.717, 1.165) is 5.56 Å². The second-order valence-electron chi connectivity index (χ2n) is 9.03. The van der Waals surface area contributed by atoms with Gasteiger partial charge in [0.15, 0.2) is 0 Å². The number of benzene rings is 1. The first kappa shape index (κ1) is 25.2. The van der Waals surface area contributed by atoms with Gasteiger partial charge < -0.3 is 10.2 Å². The maximum atomic E-state index is 13.3. The van der Waals surface area contributed by atoms with Crippen molar-refractivity contribution in [1.29, 1.82) is 5.26 Å². The summed E-state index contributed by atoms with van der Waals surface area (Å²) in [6, 6.07) is 6.55. The quantitative estimate of drug-likeness (QED) is 0.607. The summed E-state index contributed by atoms with van der Waals surface area (Å²) in [4.78, 5) is 27.8. The molecule has 2 amide bonds. The molecule has 0 radical (unpaired) electrons. The Hall–Kier alpha value is -1.90. The summed E-state index contributed by atoms with van der Waals surface area (Å²) >= 11 is 12.0. The summed E-state index contributed by atoms with van der Waals surface area (Å²) in [5.74, 6) is -1.19. The third-order valence-corrected chi connectivity index (χ3v) is 9.02. The van der Waals surface area contributed by atoms with Gasteiger partial charge in [0.25, 0.3) is 10.2 Å². The zero-order chi connectivity index (χ0) is 24.5. The van der Waals surface area contributed by atoms with Gasteiger partial charge in [0, 0.05) is 49.3 Å². The van der Waals surface area contributed by atoms with Gasteiger partial charge in [-0.05, 0) is 49.4 Å². The number of halogens is 2. The lowest BCUT2D eigenvalue weighted by atomic mass is 9.97. The number of carbonyl (C=O) groups is 2. The average Bonchev–Trinajstić information content (AvgIpc) is 3.25. The molecule has 0 saturated carbocycles. The maximum Gasteiger partial charge on any atom is 0.282 e. The smallest absolute Gasteiger partial charge is 0.282 e. The molecule has 3 aliphatic rings. The molecule has 0 aromatic heterocycles. The minimum Gasteiger partial charge on any atom is -0.350 e. The van der Waals surface area contributed by atoms with Crippen LogP contribution in [0.15, 0.2) is 18.2 Å². The van der Waals surface area contributed by atoms with E-state index in [1.807, 2.05) is 0 Å². The lowest BCUT2D eigenvalue weighted by molar-refractivity contribution is -0.142. The third kappa shape index (κ3) is 5.34. The highest BCUT2D eigenvalue weighted by Gasteiger charge is 2.44. The number of likely N-dealkylation sites (tertiary alicyclic amines) is 1. The molecule has 4 rings (SSSR count). The monoisotopic (exact) mass is 527 g/mol. The fraction of sp³-hybridized carbons (Fsp3) is 0.591. The van der Waals surface area contributed by atoms with Crippen molar-refractivity contribution >= 4 is 45.2 Å². The van der Waals surface area contributed by atoms with Crippen molar-refractivity contribution in [2.24, 2.45) is 11.8 Å². The summed E-state index contributed by atoms with van der Waals surface area (Å²) in [5, 5.41) is 12.8. The topological polar surface area (TPSA) is 114 Å². The Bertz CT molecular complexity index is 1080. The first-order chi connectivity index (χ1) is 16.2. The van der Waals surface area contributed by atoms with Gasteiger partial charge in [0.05, 0.1) is 17.9 Å². The van der Waals surface area contributed by atoms with Crippen LogP contribution in [0.4, 0.5) is 0 Å². The zero-order valence-corrected chi connectivity index (χ0v) is 20.9. The molecular formula is C22H27Cl2N5O4S. The molecule has 3 aliphatic heterocycles. The first-order valence-electron chi connectivity index (χ1n) is 11.4. The molecule has 34 heavy (non-hydrogen) atoms. The van der Waals surface area contributed by atoms with E-state index in [1.54, 1.807) is 23.1 Å². The van der Waals surface area contributed by atoms with E-state index < -0.39 is 22.2 Å². The lowest BCUT2D eigenvalue weighted by Gasteiger charge is -2.41. The van der Waals surface area contributed by atoms with Crippen LogP contribution in [0.25, 0.3) is 0 Å². The lowest BCUT2D eigenvalue weighted by Crippen LogP contribution is -2.57. The van der Waals surface area contributed by atoms with Gasteiger partial charge in [-0.1, -0.05) is 23.2 Å². The summed E-state index contributed by atoms with van der Waals surface area (Å²) in [5.41, 5.74) is 0.763. The number of piperidine rings is 1. The zero-order valence-electron chi connectivity index (χ0n) is 18.6. The molecule has 184 valence electrons. The molecule has 3 saturated heterocycles. The molecule has 3 heterocycles. The molecule has 0 bridgehead atoms. The number of nitrogens with one attached hydrogen (secondary N) is 1. The van der Waals surface area contributed by atoms with Crippen molar-refractivity contribution in [3.8, 4) is 6.07 Å². The number of hydrogen-bond acceptors (Lipinski definition) is 5. The van der Waals surface area contributed by atoms with Crippen LogP contribution in [-0.4, -0.2) is 72.5 Å². The highest BCUT2D eigenvalue weighted by Crippen LogP contribution is 2.29. The average molecular weight is 528 g/mol. The van der Waals surface area contributed by atoms with E-state index in [9.17, 15) is 18.0 Å². The Morgan fingerprint density at radius 2 is 1.71 bits per heavy atom. The summed E-state index contributed by atoms with van der Waals surface area (Å²) in [7, 11) is -3.69. The number of rotatable bonds is 6. The maximum absolute atomic E-state index is 13.3. The van der Waals surface area contributed by atoms with E-state index in [0.29, 0.717) is 48.8 Å². The van der Waals surface area contributed by atoms with Crippen LogP contribution in [0.1, 0.15) is 31.2 Å². The second-order valence-corrected chi connectivity index (χ2v) is 11.8. The van der Waals surface area contributed by atoms with E-state index in [4.69, 9.17) is 28.5 Å². The minimum absolute atomic E-state index is 0.0980. The molecule has 0 aliphatic carbocycles. The fourth-order valence-electron chi connectivity index (χ4n) is 4.78. The predicted molar refractivity (Wildman–Crippen MR) is 127 cm³/mol. The highest BCUT2D eigenvalue weighted by molar-refractivity contribution is 7.86. The Labute approximate surface area is 209 Å². The van der Waals surface area contributed by atoms with Gasteiger partial charge >= 0.3 is 0 Å². The summed E-state index contributed by atoms with van der Waals surface area (Å²) < 4.78 is 28.4. The predicted octanol–water partition coefficient (Wildman–Crippen LogP) is 2.01. The third-order valence-electron chi connectivity index (χ3n) is 6.64. The fourth-order valence-corrected chi connectivity index (χ4v) is 7.15. The van der Waals surface area contributed by atoms with E-state index in [2.05, 4.69) is 11.4 Å². The molecule has 9 nitrogen and oxygen atoms in total. The number of hydrogen-bond donors (Lipinski definition) is 1. The standard InChI is InChI=1S/C22H27Cl2N5O4S/c23-18-7-15(8-19(24)9-18)11-26-21(30)20-4-2-6-29(20)22(31)17-3-1-5-27(14-17)34(32,33)28-12-16(10-25)13-28/h7-9,16-17,20H,1-6,11-14H2,(H,26,30)/t17-,20+/m0/s1. The van der Waals surface area contributed by atoms with Crippen molar-refractivity contribution in [2.45, 2.75) is 38.3 Å². The molecule has 1 aromatic rings. The largest absolute Gasteiger partial charge is 0.350 e. The van der Waals surface area contributed by atoms with Crippen molar-refractivity contribution in [1.82, 2.24) is 18.8 Å². The Morgan fingerprint density at radius 1 is 1.03 bits per heavy atom. The van der Waals surface area contributed by atoms with Crippen LogP contribution in [0, 0.1) is 23.2 Å². The molecule has 1 N–H and O–H groups in total. The normalized spacial score (nSPS) is 24.4. The van der Waals surface area contributed by atoms with Crippen LogP contribution in [-0.2, 0) is 26.3 Å². The summed E-state index contributed by atoms with van der Waals surface area (Å²) in [6.45, 7) is 1.55. The molecule has 3 fully saturated rings. The van der Waals surface area contributed by atoms with Crippen LogP contribution < -0.4 is 5.32 Å². The molecule has 0 spiro atoms. The Morgan fingerprint density at radius 3 is 2.38 bits per heavy atom. The van der Waals surface area contributed by atoms with Crippen LogP contribution in [0.5, 0.6) is 0 Å². The van der Waals surface area contributed by atoms with Gasteiger partial charge in [0.1, 0.15) is 6.04 Å². The van der Waals surface area contributed by atoms with Gasteiger partial charge in [-0.25, -0.2) is 0 Å². The minimum atomic E-state index is -3.69. The van der Waals surface area contributed by atoms with Crippen LogP contribution >= 0.6 is 23.2 Å². The molecule has 2 atom stereocenters. The van der Waals surface area contributed by atoms with Crippen molar-refractivity contribution < 1.29 is 18.0 Å². The Balaban J connectivity index is 1.36. The Kier molecular flexibility index (Phi) is 7.69. The summed E-state index contributed by atoms with van der Waals surface area (Å²) in [6.07, 6.45) is 2.43. The van der Waals surface area contributed by atoms with E-state index in [-0.39, 0.29) is 43.9 Å². The van der Waals surface area contributed by atoms with Crippen LogP contribution in [0.3, 0.4) is 0 Å². The molecular weight excluding hydrogens is 501 g/mol. The van der Waals surface area contributed by atoms with Crippen molar-refractivity contribution in [3.05, 3.63) is 33.8 Å². The SMILES string of the molecule is N#CC1CN(S(=O)(=O)N2CCC[C@H](C(=O)N3CCC[C@@H]3C(=O)NCc3cc(Cl)cc(Cl)c3)C2)C1. The highest BCUT2D eigenvalue weighted by atomic mass is 35.5. The van der Waals surface area contributed by atoms with Gasteiger partial charge in [0.2, 0.25) is 11.8 Å². The molecule has 1 aromatic carbocycles. The van der Waals surface area contributed by atoms with Gasteiger partial charge in [-0.15, -0.1) is 0 Å². The van der Waals surface area contributed by atoms with Crippen LogP contribution in [0.2, 0.25) is 10.0 Å². The molecule has 0 unspecified atom stereocenters.